The average molecular weight is 1230 g/mol. The highest BCUT2D eigenvalue weighted by Crippen LogP contribution is 2.40. The minimum atomic E-state index is -4.49. The first-order valence-corrected chi connectivity index (χ1v) is 30.0. The van der Waals surface area contributed by atoms with Crippen LogP contribution in [0.25, 0.3) is 0 Å². The molecule has 4 aliphatic rings. The highest BCUT2D eigenvalue weighted by molar-refractivity contribution is 6.27. The molecule has 2 saturated heterocycles. The first-order valence-electron chi connectivity index (χ1n) is 29.4. The minimum absolute atomic E-state index is 0.0116. The second kappa shape index (κ2) is 31.9. The van der Waals surface area contributed by atoms with Gasteiger partial charge in [-0.15, -0.1) is 11.6 Å². The van der Waals surface area contributed by atoms with Crippen LogP contribution >= 0.6 is 11.6 Å². The summed E-state index contributed by atoms with van der Waals surface area (Å²) in [5, 5.41) is 15.7. The van der Waals surface area contributed by atoms with Gasteiger partial charge in [0.15, 0.2) is 0 Å². The summed E-state index contributed by atoms with van der Waals surface area (Å²) >= 11 is 5.61. The van der Waals surface area contributed by atoms with Gasteiger partial charge in [0.1, 0.15) is 48.7 Å². The number of hydrogen-bond donors (Lipinski definition) is 3. The first kappa shape index (κ1) is 65.4. The van der Waals surface area contributed by atoms with Crippen molar-refractivity contribution in [2.75, 3.05) is 99.5 Å². The Hall–Kier alpha value is -7.55. The molecule has 14 nitrogen and oxygen atoms in total. The van der Waals surface area contributed by atoms with E-state index in [9.17, 15) is 41.0 Å². The Morgan fingerprint density at radius 3 is 1.29 bits per heavy atom. The number of carbonyl (C=O) groups excluding carboxylic acids is 2. The fraction of sp³-hybridized carbons (Fsp3) is 0.424. The van der Waals surface area contributed by atoms with E-state index < -0.39 is 23.5 Å². The van der Waals surface area contributed by atoms with Crippen LogP contribution in [-0.4, -0.2) is 130 Å². The summed E-state index contributed by atoms with van der Waals surface area (Å²) in [5.41, 5.74) is 3.81. The lowest BCUT2D eigenvalue weighted by Crippen LogP contribution is -2.50. The molecule has 87 heavy (non-hydrogen) atoms. The maximum Gasteiger partial charge on any atom is 0.420 e. The largest absolute Gasteiger partial charge is 0.496 e. The van der Waals surface area contributed by atoms with Gasteiger partial charge in [-0.05, 0) is 147 Å². The molecule has 3 N–H and O–H groups in total. The van der Waals surface area contributed by atoms with E-state index >= 15 is 0 Å². The van der Waals surface area contributed by atoms with E-state index in [1.54, 1.807) is 12.1 Å². The van der Waals surface area contributed by atoms with E-state index in [4.69, 9.17) is 35.3 Å². The molecule has 0 atom stereocenters. The van der Waals surface area contributed by atoms with Crippen LogP contribution in [0.15, 0.2) is 146 Å². The molecule has 0 spiro atoms. The van der Waals surface area contributed by atoms with Crippen molar-refractivity contribution in [3.05, 3.63) is 168 Å². The molecule has 4 fully saturated rings. The standard InChI is InChI=1S/C33H38F3N3O4.C19H21ClN2O2.C14H18F3NO2/c1-41-31-16-9-26(21-30(31)33(34,35)36)37-25-7-12-28(13-8-25)43-23-32(40)39-19-17-38(18-20-39)27-10-14-29(15-11-27)42-22-24-5-3-2-4-6-24;20-14-19(23)22-12-10-21(11-13-22)17-6-8-18(9-7-17)24-15-16-4-2-1-3-5-16;1-20-13-7-4-10(8-12(13)14(15,16)17)18-9-2-5-11(19)6-3-9/h2-6,9-11,14-16,21,25,28,37H,7-8,12-13,17-20,22-23H2,1H3;1-9H,10-15H2;4,7-9,11,18-19H,2-3,5-6H2,1H3. The molecule has 21 heteroatoms. The molecule has 2 heterocycles. The highest BCUT2D eigenvalue weighted by atomic mass is 35.5. The summed E-state index contributed by atoms with van der Waals surface area (Å²) in [6.07, 6.45) is -3.38. The van der Waals surface area contributed by atoms with Crippen molar-refractivity contribution in [1.29, 1.82) is 0 Å². The fourth-order valence-corrected chi connectivity index (χ4v) is 11.1. The molecule has 2 amide bonds. The van der Waals surface area contributed by atoms with E-state index in [0.29, 0.717) is 50.5 Å². The fourth-order valence-electron chi connectivity index (χ4n) is 10.9. The van der Waals surface area contributed by atoms with Crippen LogP contribution < -0.4 is 39.4 Å². The van der Waals surface area contributed by atoms with Crippen LogP contribution in [0.4, 0.5) is 49.1 Å². The van der Waals surface area contributed by atoms with Crippen LogP contribution in [0.3, 0.4) is 0 Å². The Bertz CT molecular complexity index is 3050. The van der Waals surface area contributed by atoms with Gasteiger partial charge in [0, 0.05) is 87.2 Å². The second-order valence-electron chi connectivity index (χ2n) is 21.8. The Morgan fingerprint density at radius 2 is 0.908 bits per heavy atom. The number of piperazine rings is 2. The number of rotatable bonds is 18. The summed E-state index contributed by atoms with van der Waals surface area (Å²) in [4.78, 5) is 32.7. The van der Waals surface area contributed by atoms with Crippen LogP contribution in [0.2, 0.25) is 0 Å². The number of carbonyl (C=O) groups is 2. The minimum Gasteiger partial charge on any atom is -0.496 e. The van der Waals surface area contributed by atoms with Crippen molar-refractivity contribution >= 4 is 46.2 Å². The third-order valence-corrected chi connectivity index (χ3v) is 16.1. The number of anilines is 4. The van der Waals surface area contributed by atoms with Crippen molar-refractivity contribution in [2.24, 2.45) is 0 Å². The van der Waals surface area contributed by atoms with Gasteiger partial charge in [-0.2, -0.15) is 26.3 Å². The number of halogens is 7. The Balaban J connectivity index is 0.000000187. The second-order valence-corrected chi connectivity index (χ2v) is 22.1. The number of benzene rings is 6. The molecule has 0 unspecified atom stereocenters. The predicted molar refractivity (Wildman–Crippen MR) is 326 cm³/mol. The Morgan fingerprint density at radius 1 is 0.517 bits per heavy atom. The molecular weight excluding hydrogens is 1150 g/mol. The molecule has 6 aromatic rings. The normalized spacial score (nSPS) is 18.9. The summed E-state index contributed by atoms with van der Waals surface area (Å²) in [6, 6.07) is 44.5. The van der Waals surface area contributed by atoms with Crippen molar-refractivity contribution in [3.8, 4) is 23.0 Å². The van der Waals surface area contributed by atoms with Crippen molar-refractivity contribution in [2.45, 2.75) is 101 Å². The van der Waals surface area contributed by atoms with E-state index in [1.165, 1.54) is 26.4 Å². The van der Waals surface area contributed by atoms with Crippen LogP contribution in [0.1, 0.15) is 73.6 Å². The lowest BCUT2D eigenvalue weighted by atomic mass is 9.92. The number of nitrogens with one attached hydrogen (secondary N) is 2. The van der Waals surface area contributed by atoms with Gasteiger partial charge in [-0.3, -0.25) is 9.59 Å². The van der Waals surface area contributed by atoms with E-state index in [1.807, 2.05) is 82.6 Å². The molecule has 6 aromatic carbocycles. The number of ether oxygens (including phenoxy) is 5. The monoisotopic (exact) mass is 1230 g/mol. The molecule has 2 aliphatic heterocycles. The lowest BCUT2D eigenvalue weighted by Gasteiger charge is -2.36. The van der Waals surface area contributed by atoms with Gasteiger partial charge >= 0.3 is 12.4 Å². The molecule has 0 aromatic heterocycles. The van der Waals surface area contributed by atoms with Gasteiger partial charge in [0.2, 0.25) is 11.8 Å². The van der Waals surface area contributed by atoms with Gasteiger partial charge in [-0.1, -0.05) is 60.7 Å². The molecule has 2 saturated carbocycles. The average Bonchev–Trinajstić information content (AvgIpc) is 3.67. The summed E-state index contributed by atoms with van der Waals surface area (Å²) in [7, 11) is 2.45. The van der Waals surface area contributed by atoms with Crippen molar-refractivity contribution in [1.82, 2.24) is 9.80 Å². The van der Waals surface area contributed by atoms with Gasteiger partial charge in [-0.25, -0.2) is 0 Å². The van der Waals surface area contributed by atoms with E-state index in [-0.39, 0.29) is 60.1 Å². The number of alkyl halides is 7. The van der Waals surface area contributed by atoms with Crippen molar-refractivity contribution < 1.29 is 64.7 Å². The van der Waals surface area contributed by atoms with E-state index in [2.05, 4.69) is 56.8 Å². The quantitative estimate of drug-likeness (QED) is 0.0558. The summed E-state index contributed by atoms with van der Waals surface area (Å²) < 4.78 is 106. The molecule has 10 rings (SSSR count). The molecule has 0 radical (unpaired) electrons. The topological polar surface area (TPSA) is 138 Å². The zero-order valence-electron chi connectivity index (χ0n) is 49.0. The number of aliphatic hydroxyl groups excluding tert-OH is 1. The maximum absolute atomic E-state index is 13.3. The molecular formula is C66H77ClF6N6O8. The van der Waals surface area contributed by atoms with Gasteiger partial charge in [0.25, 0.3) is 0 Å². The number of methoxy groups -OCH3 is 2. The first-order chi connectivity index (χ1) is 41.9. The van der Waals surface area contributed by atoms with Crippen LogP contribution in [0.5, 0.6) is 23.0 Å². The highest BCUT2D eigenvalue weighted by Gasteiger charge is 2.36. The van der Waals surface area contributed by atoms with Gasteiger partial charge in [0.05, 0.1) is 37.6 Å². The van der Waals surface area contributed by atoms with Crippen LogP contribution in [-0.2, 0) is 39.9 Å². The number of hydrogen-bond acceptors (Lipinski definition) is 12. The SMILES string of the molecule is COc1ccc(NC2CCC(O)CC2)cc1C(F)(F)F.COc1ccc(NC2CCC(OCC(=O)N3CCN(c4ccc(OCc5ccccc5)cc4)CC3)CC2)cc1C(F)(F)F.O=C(CCl)N1CCN(c2ccc(OCc3ccccc3)cc2)CC1. The summed E-state index contributed by atoms with van der Waals surface area (Å²) in [6.45, 7) is 6.98. The third-order valence-electron chi connectivity index (χ3n) is 15.8. The Kier molecular flexibility index (Phi) is 24.0. The van der Waals surface area contributed by atoms with Crippen LogP contribution in [0, 0.1) is 0 Å². The molecule has 2 aliphatic carbocycles. The number of nitrogens with zero attached hydrogens (tertiary/aromatic N) is 4. The van der Waals surface area contributed by atoms with Gasteiger partial charge < -0.3 is 59.0 Å². The molecule has 0 bridgehead atoms. The van der Waals surface area contributed by atoms with E-state index in [0.717, 1.165) is 124 Å². The number of aliphatic hydroxyl groups is 1. The lowest BCUT2D eigenvalue weighted by molar-refractivity contribution is -0.139. The zero-order chi connectivity index (χ0) is 61.8. The third kappa shape index (κ3) is 20.0. The number of amides is 2. The van der Waals surface area contributed by atoms with Crippen molar-refractivity contribution in [3.63, 3.8) is 0 Å². The zero-order valence-corrected chi connectivity index (χ0v) is 49.8. The smallest absolute Gasteiger partial charge is 0.420 e. The predicted octanol–water partition coefficient (Wildman–Crippen LogP) is 13.0. The maximum atomic E-state index is 13.3. The Labute approximate surface area is 510 Å². The molecule has 468 valence electrons. The summed E-state index contributed by atoms with van der Waals surface area (Å²) in [5.74, 6) is 1.37.